The fourth-order valence-corrected chi connectivity index (χ4v) is 15.2. The Bertz CT molecular complexity index is 2790. The summed E-state index contributed by atoms with van der Waals surface area (Å²) in [5.41, 5.74) is 18.3. The lowest BCUT2D eigenvalue weighted by molar-refractivity contribution is -0.235. The fourth-order valence-electron chi connectivity index (χ4n) is 15.2. The molecule has 0 amide bonds. The van der Waals surface area contributed by atoms with E-state index in [0.29, 0.717) is 17.3 Å². The summed E-state index contributed by atoms with van der Waals surface area (Å²) in [4.78, 5) is 2.66. The summed E-state index contributed by atoms with van der Waals surface area (Å²) in [7, 11) is 0. The van der Waals surface area contributed by atoms with E-state index in [1.54, 1.807) is 0 Å². The highest BCUT2D eigenvalue weighted by Crippen LogP contribution is 2.89. The van der Waals surface area contributed by atoms with Gasteiger partial charge in [-0.2, -0.15) is 0 Å². The zero-order valence-electron chi connectivity index (χ0n) is 35.5. The van der Waals surface area contributed by atoms with Gasteiger partial charge in [0.25, 0.3) is 0 Å². The molecule has 13 rings (SSSR count). The van der Waals surface area contributed by atoms with E-state index in [2.05, 4.69) is 174 Å². The number of hydrogen-bond acceptors (Lipinski definition) is 2. The van der Waals surface area contributed by atoms with Crippen molar-refractivity contribution in [3.05, 3.63) is 161 Å². The minimum Gasteiger partial charge on any atom is -0.457 e. The molecule has 4 fully saturated rings. The second kappa shape index (κ2) is 11.2. The van der Waals surface area contributed by atoms with Crippen LogP contribution < -0.4 is 9.64 Å². The monoisotopic (exact) mass is 769 g/mol. The molecule has 0 aromatic heterocycles. The molecule has 7 aliphatic rings. The van der Waals surface area contributed by atoms with E-state index in [0.717, 1.165) is 23.3 Å². The number of hydrogen-bond donors (Lipinski definition) is 0. The molecule has 59 heavy (non-hydrogen) atoms. The third kappa shape index (κ3) is 4.19. The highest BCUT2D eigenvalue weighted by atomic mass is 16.5. The molecule has 6 atom stereocenters. The first kappa shape index (κ1) is 34.8. The smallest absolute Gasteiger partial charge is 0.131 e. The molecular weight excluding hydrogens is 715 g/mol. The van der Waals surface area contributed by atoms with E-state index in [9.17, 15) is 0 Å². The zero-order chi connectivity index (χ0) is 39.8. The molecule has 2 heteroatoms. The number of fused-ring (bicyclic) bond motifs is 11. The highest BCUT2D eigenvalue weighted by Gasteiger charge is 2.84. The summed E-state index contributed by atoms with van der Waals surface area (Å²) in [5.74, 6) is 5.26. The average molecular weight is 770 g/mol. The standard InChI is InChI=1S/C57H55NO/c1-53(2)25-26-54(3,4)52-43(53)17-12-18-47(52)58(38-20-22-41-40-15-10-11-16-42(40)55(5,6)44(41)31-38)39-21-24-49-46(32-39)57(50-28-34-27-37-30-51(57)56(37,50)33-34)45-29-36(19-23-48(45)59-49)35-13-8-7-9-14-35/h7-24,29,31-32,34,37,50-51H,25-28,30,33H2,1-6H3. The van der Waals surface area contributed by atoms with Crippen molar-refractivity contribution in [3.8, 4) is 33.8 Å². The fraction of sp³-hybridized carbons (Fsp3) is 0.368. The Balaban J connectivity index is 1.05. The van der Waals surface area contributed by atoms with Crippen LogP contribution in [0.4, 0.5) is 17.1 Å². The van der Waals surface area contributed by atoms with Crippen LogP contribution in [0.5, 0.6) is 11.5 Å². The maximum atomic E-state index is 7.09. The molecule has 6 aliphatic carbocycles. The molecule has 294 valence electrons. The van der Waals surface area contributed by atoms with Gasteiger partial charge in [-0.15, -0.1) is 0 Å². The van der Waals surface area contributed by atoms with Crippen molar-refractivity contribution in [2.24, 2.45) is 29.1 Å². The Morgan fingerprint density at radius 3 is 2.00 bits per heavy atom. The van der Waals surface area contributed by atoms with Crippen LogP contribution >= 0.6 is 0 Å². The molecule has 0 saturated heterocycles. The molecule has 2 spiro atoms. The van der Waals surface area contributed by atoms with Gasteiger partial charge in [-0.1, -0.05) is 120 Å². The van der Waals surface area contributed by atoms with Gasteiger partial charge in [-0.05, 0) is 171 Å². The summed E-state index contributed by atoms with van der Waals surface area (Å²) in [6.45, 7) is 14.7. The van der Waals surface area contributed by atoms with Crippen molar-refractivity contribution < 1.29 is 4.74 Å². The predicted octanol–water partition coefficient (Wildman–Crippen LogP) is 14.9. The Kier molecular flexibility index (Phi) is 6.59. The van der Waals surface area contributed by atoms with Crippen LogP contribution in [0, 0.1) is 29.1 Å². The summed E-state index contributed by atoms with van der Waals surface area (Å²) in [6, 6.07) is 49.1. The van der Waals surface area contributed by atoms with E-state index in [4.69, 9.17) is 4.74 Å². The first-order valence-electron chi connectivity index (χ1n) is 22.6. The zero-order valence-corrected chi connectivity index (χ0v) is 35.5. The first-order chi connectivity index (χ1) is 28.4. The van der Waals surface area contributed by atoms with Gasteiger partial charge in [0, 0.05) is 33.3 Å². The summed E-state index contributed by atoms with van der Waals surface area (Å²) in [5, 5.41) is 0. The van der Waals surface area contributed by atoms with Gasteiger partial charge in [0.2, 0.25) is 0 Å². The van der Waals surface area contributed by atoms with Crippen molar-refractivity contribution in [1.29, 1.82) is 0 Å². The average Bonchev–Trinajstić information content (AvgIpc) is 3.85. The van der Waals surface area contributed by atoms with Crippen LogP contribution in [-0.2, 0) is 21.7 Å². The number of anilines is 3. The molecule has 6 aromatic carbocycles. The van der Waals surface area contributed by atoms with Crippen molar-refractivity contribution in [3.63, 3.8) is 0 Å². The Morgan fingerprint density at radius 2 is 1.19 bits per heavy atom. The number of benzene rings is 6. The molecule has 2 nitrogen and oxygen atoms in total. The Hall–Kier alpha value is -5.08. The van der Waals surface area contributed by atoms with Crippen molar-refractivity contribution in [2.75, 3.05) is 4.90 Å². The SMILES string of the molecule is CC1(C)CCC(C)(C)c2c(N(c3ccc4c(c3)C(C)(C)c3ccccc3-4)c3ccc4c(c3)C3(c5cc(-c6ccccc6)ccc5O4)C4CC5CC6CC3C64C5)cccc21. The van der Waals surface area contributed by atoms with Crippen molar-refractivity contribution >= 4 is 17.1 Å². The molecular formula is C57H55NO. The first-order valence-corrected chi connectivity index (χ1v) is 22.6. The molecule has 1 aliphatic heterocycles. The lowest BCUT2D eigenvalue weighted by Gasteiger charge is -2.77. The molecule has 0 N–H and O–H groups in total. The van der Waals surface area contributed by atoms with E-state index < -0.39 is 0 Å². The third-order valence-electron chi connectivity index (χ3n) is 17.8. The van der Waals surface area contributed by atoms with E-state index >= 15 is 0 Å². The van der Waals surface area contributed by atoms with Crippen LogP contribution in [0.15, 0.2) is 127 Å². The largest absolute Gasteiger partial charge is 0.457 e. The van der Waals surface area contributed by atoms with E-state index in [1.807, 2.05) is 0 Å². The Morgan fingerprint density at radius 1 is 0.525 bits per heavy atom. The van der Waals surface area contributed by atoms with E-state index in [-0.39, 0.29) is 21.7 Å². The quantitative estimate of drug-likeness (QED) is 0.177. The molecule has 1 heterocycles. The lowest BCUT2D eigenvalue weighted by Crippen LogP contribution is -2.74. The third-order valence-corrected chi connectivity index (χ3v) is 17.8. The molecule has 2 bridgehead atoms. The van der Waals surface area contributed by atoms with Crippen LogP contribution in [0.3, 0.4) is 0 Å². The van der Waals surface area contributed by atoms with Crippen LogP contribution in [0.25, 0.3) is 22.3 Å². The maximum absolute atomic E-state index is 7.09. The minimum absolute atomic E-state index is 0.0294. The normalized spacial score (nSPS) is 29.5. The van der Waals surface area contributed by atoms with Crippen molar-refractivity contribution in [2.45, 2.75) is 102 Å². The molecule has 4 saturated carbocycles. The second-order valence-corrected chi connectivity index (χ2v) is 21.6. The summed E-state index contributed by atoms with van der Waals surface area (Å²) >= 11 is 0. The number of nitrogens with zero attached hydrogens (tertiary/aromatic N) is 1. The van der Waals surface area contributed by atoms with Gasteiger partial charge in [0.15, 0.2) is 0 Å². The highest BCUT2D eigenvalue weighted by molar-refractivity contribution is 5.87. The van der Waals surface area contributed by atoms with Crippen LogP contribution in [0.1, 0.15) is 113 Å². The summed E-state index contributed by atoms with van der Waals surface area (Å²) < 4.78 is 7.09. The van der Waals surface area contributed by atoms with Crippen LogP contribution in [0.2, 0.25) is 0 Å². The van der Waals surface area contributed by atoms with Crippen LogP contribution in [-0.4, -0.2) is 0 Å². The maximum Gasteiger partial charge on any atom is 0.131 e. The second-order valence-electron chi connectivity index (χ2n) is 21.6. The molecule has 6 aromatic rings. The summed E-state index contributed by atoms with van der Waals surface area (Å²) in [6.07, 6.45) is 7.97. The van der Waals surface area contributed by atoms with Gasteiger partial charge in [0.1, 0.15) is 11.5 Å². The van der Waals surface area contributed by atoms with Gasteiger partial charge >= 0.3 is 0 Å². The number of ether oxygens (including phenoxy) is 1. The van der Waals surface area contributed by atoms with Gasteiger partial charge in [-0.25, -0.2) is 0 Å². The number of rotatable bonds is 4. The topological polar surface area (TPSA) is 12.5 Å². The van der Waals surface area contributed by atoms with E-state index in [1.165, 1.54) is 111 Å². The Labute approximate surface area is 350 Å². The van der Waals surface area contributed by atoms with Crippen molar-refractivity contribution in [1.82, 2.24) is 0 Å². The van der Waals surface area contributed by atoms with Gasteiger partial charge < -0.3 is 9.64 Å². The van der Waals surface area contributed by atoms with Gasteiger partial charge in [-0.3, -0.25) is 0 Å². The minimum atomic E-state index is -0.0955. The lowest BCUT2D eigenvalue weighted by atomic mass is 9.26. The van der Waals surface area contributed by atoms with Gasteiger partial charge in [0.05, 0.1) is 5.69 Å². The molecule has 0 radical (unpaired) electrons. The predicted molar refractivity (Wildman–Crippen MR) is 242 cm³/mol. The molecule has 6 unspecified atom stereocenters.